The fourth-order valence-corrected chi connectivity index (χ4v) is 4.65. The van der Waals surface area contributed by atoms with Gasteiger partial charge in [0.15, 0.2) is 5.65 Å². The summed E-state index contributed by atoms with van der Waals surface area (Å²) in [6.07, 6.45) is 15.5. The van der Waals surface area contributed by atoms with Gasteiger partial charge in [0.1, 0.15) is 16.1 Å². The Hall–Kier alpha value is -2.67. The van der Waals surface area contributed by atoms with E-state index in [2.05, 4.69) is 68.2 Å². The lowest BCUT2D eigenvalue weighted by atomic mass is 10.0. The van der Waals surface area contributed by atoms with Crippen molar-refractivity contribution in [2.24, 2.45) is 5.92 Å². The molecule has 0 radical (unpaired) electrons. The van der Waals surface area contributed by atoms with E-state index < -0.39 is 0 Å². The van der Waals surface area contributed by atoms with E-state index in [1.54, 1.807) is 4.52 Å². The number of rotatable bonds is 2. The summed E-state index contributed by atoms with van der Waals surface area (Å²) >= 11 is 3.66. The Kier molecular flexibility index (Phi) is 4.62. The first-order valence-corrected chi connectivity index (χ1v) is 10.8. The van der Waals surface area contributed by atoms with Crippen molar-refractivity contribution in [2.45, 2.75) is 26.2 Å². The number of aromatic nitrogens is 4. The topological polar surface area (TPSA) is 72.3 Å². The lowest BCUT2D eigenvalue weighted by Crippen LogP contribution is -2.35. The molecule has 1 atom stereocenters. The van der Waals surface area contributed by atoms with Crippen LogP contribution in [-0.2, 0) is 0 Å². The van der Waals surface area contributed by atoms with Gasteiger partial charge in [-0.1, -0.05) is 25.2 Å². The molecule has 3 aromatic heterocycles. The second kappa shape index (κ2) is 7.30. The van der Waals surface area contributed by atoms with Crippen molar-refractivity contribution in [3.8, 4) is 11.1 Å². The Morgan fingerprint density at radius 3 is 2.93 bits per heavy atom. The lowest BCUT2D eigenvalue weighted by molar-refractivity contribution is 0.444. The van der Waals surface area contributed by atoms with Crippen LogP contribution in [0.5, 0.6) is 0 Å². The predicted octanol–water partition coefficient (Wildman–Crippen LogP) is 4.80. The van der Waals surface area contributed by atoms with Gasteiger partial charge in [-0.25, -0.2) is 4.98 Å². The molecule has 6 nitrogen and oxygen atoms in total. The number of fused-ring (bicyclic) bond motifs is 2. The van der Waals surface area contributed by atoms with Gasteiger partial charge in [0, 0.05) is 36.0 Å². The van der Waals surface area contributed by atoms with Crippen LogP contribution in [0.3, 0.4) is 0 Å². The molecule has 0 amide bonds. The largest absolute Gasteiger partial charge is 0.383 e. The zero-order chi connectivity index (χ0) is 20.0. The number of nitrogen functional groups attached to an aromatic ring is 1. The minimum atomic E-state index is 0.569. The van der Waals surface area contributed by atoms with Gasteiger partial charge in [0.2, 0.25) is 0 Å². The normalized spacial score (nSPS) is 18.8. The number of allylic oxidation sites excluding steroid dienone is 2. The molecule has 0 aromatic carbocycles. The third-order valence-corrected chi connectivity index (χ3v) is 6.43. The highest BCUT2D eigenvalue weighted by atomic mass is 79.9. The van der Waals surface area contributed by atoms with Gasteiger partial charge in [-0.2, -0.15) is 9.61 Å². The van der Waals surface area contributed by atoms with Crippen molar-refractivity contribution in [1.82, 2.24) is 19.6 Å². The van der Waals surface area contributed by atoms with Crippen LogP contribution in [-0.4, -0.2) is 32.7 Å². The molecule has 0 bridgehead atoms. The fraction of sp³-hybridized carbons (Fsp3) is 0.318. The molecule has 3 aromatic rings. The highest BCUT2D eigenvalue weighted by molar-refractivity contribution is 9.10. The first kappa shape index (κ1) is 18.4. The highest BCUT2D eigenvalue weighted by Crippen LogP contribution is 2.36. The zero-order valence-corrected chi connectivity index (χ0v) is 17.9. The van der Waals surface area contributed by atoms with Crippen molar-refractivity contribution >= 4 is 45.4 Å². The summed E-state index contributed by atoms with van der Waals surface area (Å²) in [5.74, 6) is 2.11. The Balaban J connectivity index is 1.64. The molecule has 1 saturated heterocycles. The number of nitrogens with zero attached hydrogens (tertiary/aromatic N) is 5. The molecule has 2 N–H and O–H groups in total. The molecular formula is C22H23BrN6. The van der Waals surface area contributed by atoms with E-state index in [0.717, 1.165) is 57.8 Å². The first-order chi connectivity index (χ1) is 14.1. The molecule has 5 rings (SSSR count). The van der Waals surface area contributed by atoms with Crippen LogP contribution in [0.2, 0.25) is 0 Å². The number of hydrogen-bond acceptors (Lipinski definition) is 5. The smallest absolute Gasteiger partial charge is 0.167 e. The molecule has 4 heterocycles. The van der Waals surface area contributed by atoms with Crippen LogP contribution < -0.4 is 10.6 Å². The molecule has 0 spiro atoms. The molecule has 1 fully saturated rings. The van der Waals surface area contributed by atoms with Crippen molar-refractivity contribution in [1.29, 1.82) is 0 Å². The standard InChI is InChI=1S/C22H23BrN6/c1-14-6-5-9-28(13-14)22-19(23)20(24)29-21(27-22)17(12-26-29)16-10-15-7-3-2-4-8-18(15)25-11-16/h3-4,7-8,10-12,14H,2,5-6,9,13,24H2,1H3. The second-order valence-corrected chi connectivity index (χ2v) is 8.65. The summed E-state index contributed by atoms with van der Waals surface area (Å²) in [6.45, 7) is 4.27. The summed E-state index contributed by atoms with van der Waals surface area (Å²) < 4.78 is 2.51. The van der Waals surface area contributed by atoms with Crippen molar-refractivity contribution in [3.63, 3.8) is 0 Å². The zero-order valence-electron chi connectivity index (χ0n) is 16.3. The molecule has 7 heteroatoms. The lowest BCUT2D eigenvalue weighted by Gasteiger charge is -2.32. The van der Waals surface area contributed by atoms with E-state index in [9.17, 15) is 0 Å². The van der Waals surface area contributed by atoms with Gasteiger partial charge in [-0.15, -0.1) is 0 Å². The maximum atomic E-state index is 6.43. The highest BCUT2D eigenvalue weighted by Gasteiger charge is 2.24. The van der Waals surface area contributed by atoms with Crippen LogP contribution in [0.4, 0.5) is 11.6 Å². The van der Waals surface area contributed by atoms with Gasteiger partial charge in [-0.05, 0) is 53.3 Å². The molecule has 2 aliphatic rings. The van der Waals surface area contributed by atoms with Crippen molar-refractivity contribution in [2.75, 3.05) is 23.7 Å². The minimum Gasteiger partial charge on any atom is -0.383 e. The quantitative estimate of drug-likeness (QED) is 0.606. The number of piperidine rings is 1. The third kappa shape index (κ3) is 3.23. The molecule has 148 valence electrons. The number of halogens is 1. The van der Waals surface area contributed by atoms with Crippen LogP contribution in [0.15, 0.2) is 35.1 Å². The van der Waals surface area contributed by atoms with Crippen LogP contribution in [0.1, 0.15) is 37.4 Å². The number of hydrogen-bond donors (Lipinski definition) is 1. The molecule has 1 aliphatic carbocycles. The Morgan fingerprint density at radius 1 is 1.21 bits per heavy atom. The average molecular weight is 451 g/mol. The number of pyridine rings is 1. The maximum absolute atomic E-state index is 6.43. The maximum Gasteiger partial charge on any atom is 0.167 e. The Morgan fingerprint density at radius 2 is 2.07 bits per heavy atom. The van der Waals surface area contributed by atoms with E-state index in [4.69, 9.17) is 10.7 Å². The first-order valence-electron chi connectivity index (χ1n) is 10.0. The van der Waals surface area contributed by atoms with E-state index >= 15 is 0 Å². The summed E-state index contributed by atoms with van der Waals surface area (Å²) in [5, 5.41) is 4.51. The van der Waals surface area contributed by atoms with Crippen molar-refractivity contribution < 1.29 is 0 Å². The predicted molar refractivity (Wildman–Crippen MR) is 122 cm³/mol. The van der Waals surface area contributed by atoms with Crippen LogP contribution in [0, 0.1) is 5.92 Å². The molecule has 0 saturated carbocycles. The van der Waals surface area contributed by atoms with Crippen molar-refractivity contribution in [3.05, 3.63) is 46.3 Å². The van der Waals surface area contributed by atoms with Gasteiger partial charge in [-0.3, -0.25) is 4.98 Å². The van der Waals surface area contributed by atoms with Crippen LogP contribution in [0.25, 0.3) is 28.9 Å². The van der Waals surface area contributed by atoms with E-state index in [0.29, 0.717) is 11.7 Å². The van der Waals surface area contributed by atoms with Gasteiger partial charge in [0.05, 0.1) is 11.9 Å². The molecule has 1 unspecified atom stereocenters. The van der Waals surface area contributed by atoms with Gasteiger partial charge >= 0.3 is 0 Å². The number of anilines is 2. The molecule has 29 heavy (non-hydrogen) atoms. The van der Waals surface area contributed by atoms with E-state index in [1.807, 2.05) is 12.4 Å². The Bertz CT molecular complexity index is 1150. The third-order valence-electron chi connectivity index (χ3n) is 5.67. The molecular weight excluding hydrogens is 428 g/mol. The minimum absolute atomic E-state index is 0.569. The fourth-order valence-electron chi connectivity index (χ4n) is 4.14. The van der Waals surface area contributed by atoms with Gasteiger partial charge in [0.25, 0.3) is 0 Å². The molecule has 1 aliphatic heterocycles. The summed E-state index contributed by atoms with van der Waals surface area (Å²) in [6, 6.07) is 2.15. The van der Waals surface area contributed by atoms with Crippen LogP contribution >= 0.6 is 15.9 Å². The monoisotopic (exact) mass is 450 g/mol. The summed E-state index contributed by atoms with van der Waals surface area (Å²) in [7, 11) is 0. The average Bonchev–Trinajstić information content (AvgIpc) is 3.01. The second-order valence-electron chi connectivity index (χ2n) is 7.86. The van der Waals surface area contributed by atoms with E-state index in [1.165, 1.54) is 12.8 Å². The number of nitrogens with two attached hydrogens (primary N) is 1. The summed E-state index contributed by atoms with van der Waals surface area (Å²) in [5.41, 5.74) is 11.2. The van der Waals surface area contributed by atoms with Gasteiger partial charge < -0.3 is 10.6 Å². The Labute approximate surface area is 178 Å². The SMILES string of the molecule is CC1CCCN(c2nc3c(-c4cnc5c(c4)C=CCC=C5)cnn3c(N)c2Br)C1. The summed E-state index contributed by atoms with van der Waals surface area (Å²) in [4.78, 5) is 12.0. The van der Waals surface area contributed by atoms with E-state index in [-0.39, 0.29) is 0 Å².